The summed E-state index contributed by atoms with van der Waals surface area (Å²) < 4.78 is 13.3. The standard InChI is InChI=1S/C22H21ClFN3O3/c1-13(28)26-7-6-15-9-17(3-5-20(15)26)27-12-16(10-21(27)29)22(30)25-11-14-2-4-19(24)18(23)8-14/h2-5,8-9,16H,6-7,10-12H2,1H3,(H,25,30). The van der Waals surface area contributed by atoms with E-state index in [1.807, 2.05) is 18.2 Å². The average molecular weight is 430 g/mol. The summed E-state index contributed by atoms with van der Waals surface area (Å²) >= 11 is 5.77. The maximum absolute atomic E-state index is 13.3. The van der Waals surface area contributed by atoms with Gasteiger partial charge in [0.2, 0.25) is 17.7 Å². The predicted molar refractivity (Wildman–Crippen MR) is 112 cm³/mol. The van der Waals surface area contributed by atoms with Crippen molar-refractivity contribution in [2.24, 2.45) is 5.92 Å². The average Bonchev–Trinajstić information content (AvgIpc) is 3.31. The number of carbonyl (C=O) groups is 3. The van der Waals surface area contributed by atoms with Gasteiger partial charge in [0.1, 0.15) is 5.82 Å². The molecule has 0 radical (unpaired) electrons. The summed E-state index contributed by atoms with van der Waals surface area (Å²) in [5.41, 5.74) is 3.33. The van der Waals surface area contributed by atoms with Crippen molar-refractivity contribution >= 4 is 40.7 Å². The van der Waals surface area contributed by atoms with Crippen molar-refractivity contribution in [3.05, 3.63) is 58.4 Å². The molecule has 1 unspecified atom stereocenters. The van der Waals surface area contributed by atoms with Crippen molar-refractivity contribution in [3.63, 3.8) is 0 Å². The van der Waals surface area contributed by atoms with Gasteiger partial charge in [-0.3, -0.25) is 14.4 Å². The van der Waals surface area contributed by atoms with Crippen LogP contribution >= 0.6 is 11.6 Å². The summed E-state index contributed by atoms with van der Waals surface area (Å²) in [5.74, 6) is -1.31. The lowest BCUT2D eigenvalue weighted by atomic mass is 10.1. The fourth-order valence-corrected chi connectivity index (χ4v) is 4.20. The van der Waals surface area contributed by atoms with Gasteiger partial charge in [-0.2, -0.15) is 0 Å². The maximum atomic E-state index is 13.3. The van der Waals surface area contributed by atoms with Gasteiger partial charge in [-0.15, -0.1) is 0 Å². The Morgan fingerprint density at radius 3 is 2.77 bits per heavy atom. The molecule has 2 aliphatic rings. The van der Waals surface area contributed by atoms with E-state index in [1.54, 1.807) is 15.9 Å². The number of amides is 3. The van der Waals surface area contributed by atoms with Crippen LogP contribution in [0.2, 0.25) is 5.02 Å². The van der Waals surface area contributed by atoms with E-state index < -0.39 is 11.7 Å². The van der Waals surface area contributed by atoms with E-state index in [1.165, 1.54) is 19.1 Å². The van der Waals surface area contributed by atoms with E-state index in [-0.39, 0.29) is 35.7 Å². The van der Waals surface area contributed by atoms with Crippen LogP contribution in [0.3, 0.4) is 0 Å². The van der Waals surface area contributed by atoms with Crippen LogP contribution in [0.15, 0.2) is 36.4 Å². The van der Waals surface area contributed by atoms with Crippen molar-refractivity contribution in [3.8, 4) is 0 Å². The minimum atomic E-state index is -0.510. The topological polar surface area (TPSA) is 69.7 Å². The van der Waals surface area contributed by atoms with Gasteiger partial charge in [0.25, 0.3) is 0 Å². The number of hydrogen-bond donors (Lipinski definition) is 1. The molecule has 0 spiro atoms. The Labute approximate surface area is 178 Å². The van der Waals surface area contributed by atoms with Crippen molar-refractivity contribution in [2.45, 2.75) is 26.3 Å². The third-order valence-electron chi connectivity index (χ3n) is 5.60. The number of halogens is 2. The van der Waals surface area contributed by atoms with Crippen LogP contribution < -0.4 is 15.1 Å². The Bertz CT molecular complexity index is 1040. The van der Waals surface area contributed by atoms with Crippen LogP contribution in [0.4, 0.5) is 15.8 Å². The van der Waals surface area contributed by atoms with E-state index >= 15 is 0 Å². The van der Waals surface area contributed by atoms with Crippen LogP contribution in [-0.4, -0.2) is 30.8 Å². The minimum absolute atomic E-state index is 0.00192. The third-order valence-corrected chi connectivity index (χ3v) is 5.89. The monoisotopic (exact) mass is 429 g/mol. The number of nitrogens with one attached hydrogen (secondary N) is 1. The highest BCUT2D eigenvalue weighted by atomic mass is 35.5. The van der Waals surface area contributed by atoms with Crippen molar-refractivity contribution in [1.82, 2.24) is 5.32 Å². The second-order valence-corrected chi connectivity index (χ2v) is 8.01. The number of carbonyl (C=O) groups excluding carboxylic acids is 3. The zero-order valence-corrected chi connectivity index (χ0v) is 17.2. The molecule has 1 fully saturated rings. The highest BCUT2D eigenvalue weighted by Crippen LogP contribution is 2.34. The molecule has 0 aromatic heterocycles. The summed E-state index contributed by atoms with van der Waals surface area (Å²) in [7, 11) is 0. The second-order valence-electron chi connectivity index (χ2n) is 7.61. The van der Waals surface area contributed by atoms with Gasteiger partial charge in [-0.25, -0.2) is 4.39 Å². The summed E-state index contributed by atoms with van der Waals surface area (Å²) in [6.45, 7) is 2.68. The zero-order chi connectivity index (χ0) is 21.4. The van der Waals surface area contributed by atoms with Crippen molar-refractivity contribution in [2.75, 3.05) is 22.9 Å². The third kappa shape index (κ3) is 3.89. The number of rotatable bonds is 4. The summed E-state index contributed by atoms with van der Waals surface area (Å²) in [5, 5.41) is 2.80. The number of fused-ring (bicyclic) bond motifs is 1. The van der Waals surface area contributed by atoms with Gasteiger partial charge < -0.3 is 15.1 Å². The maximum Gasteiger partial charge on any atom is 0.227 e. The first-order valence-corrected chi connectivity index (χ1v) is 10.1. The summed E-state index contributed by atoms with van der Waals surface area (Å²) in [6, 6.07) is 9.89. The quantitative estimate of drug-likeness (QED) is 0.812. The predicted octanol–water partition coefficient (Wildman–Crippen LogP) is 3.06. The Balaban J connectivity index is 1.41. The normalized spacial score (nSPS) is 18.0. The first-order valence-electron chi connectivity index (χ1n) is 9.76. The molecule has 6 nitrogen and oxygen atoms in total. The number of anilines is 2. The SMILES string of the molecule is CC(=O)N1CCc2cc(N3CC(C(=O)NCc4ccc(F)c(Cl)c4)CC3=O)ccc21. The highest BCUT2D eigenvalue weighted by Gasteiger charge is 2.35. The Morgan fingerprint density at radius 1 is 1.23 bits per heavy atom. The molecule has 2 aliphatic heterocycles. The molecular weight excluding hydrogens is 409 g/mol. The molecule has 2 aromatic rings. The van der Waals surface area contributed by atoms with E-state index in [0.29, 0.717) is 18.7 Å². The molecule has 1 saturated heterocycles. The smallest absolute Gasteiger partial charge is 0.227 e. The van der Waals surface area contributed by atoms with Crippen LogP contribution in [0.25, 0.3) is 0 Å². The van der Waals surface area contributed by atoms with Crippen molar-refractivity contribution < 1.29 is 18.8 Å². The first kappa shape index (κ1) is 20.3. The molecule has 4 rings (SSSR count). The molecule has 1 atom stereocenters. The van der Waals surface area contributed by atoms with Crippen LogP contribution in [0.1, 0.15) is 24.5 Å². The molecule has 2 aromatic carbocycles. The van der Waals surface area contributed by atoms with Crippen LogP contribution in [0.5, 0.6) is 0 Å². The fraction of sp³-hybridized carbons (Fsp3) is 0.318. The van der Waals surface area contributed by atoms with E-state index in [0.717, 1.165) is 23.4 Å². The summed E-state index contributed by atoms with van der Waals surface area (Å²) in [4.78, 5) is 40.2. The molecule has 8 heteroatoms. The molecule has 0 bridgehead atoms. The molecule has 30 heavy (non-hydrogen) atoms. The van der Waals surface area contributed by atoms with E-state index in [4.69, 9.17) is 11.6 Å². The van der Waals surface area contributed by atoms with Gasteiger partial charge in [0.15, 0.2) is 0 Å². The Hall–Kier alpha value is -2.93. The fourth-order valence-electron chi connectivity index (χ4n) is 4.00. The Kier molecular flexibility index (Phi) is 5.47. The molecule has 1 N–H and O–H groups in total. The van der Waals surface area contributed by atoms with E-state index in [2.05, 4.69) is 5.32 Å². The van der Waals surface area contributed by atoms with Crippen LogP contribution in [-0.2, 0) is 27.3 Å². The van der Waals surface area contributed by atoms with Gasteiger partial charge in [-0.05, 0) is 47.9 Å². The zero-order valence-electron chi connectivity index (χ0n) is 16.5. The lowest BCUT2D eigenvalue weighted by Crippen LogP contribution is -2.32. The van der Waals surface area contributed by atoms with E-state index in [9.17, 15) is 18.8 Å². The molecule has 3 amide bonds. The van der Waals surface area contributed by atoms with Gasteiger partial charge >= 0.3 is 0 Å². The lowest BCUT2D eigenvalue weighted by molar-refractivity contribution is -0.126. The first-order chi connectivity index (χ1) is 14.3. The number of nitrogens with zero attached hydrogens (tertiary/aromatic N) is 2. The summed E-state index contributed by atoms with van der Waals surface area (Å²) in [6.07, 6.45) is 0.877. The Morgan fingerprint density at radius 2 is 2.03 bits per heavy atom. The van der Waals surface area contributed by atoms with Gasteiger partial charge in [0.05, 0.1) is 10.9 Å². The highest BCUT2D eigenvalue weighted by molar-refractivity contribution is 6.30. The largest absolute Gasteiger partial charge is 0.352 e. The molecular formula is C22H21ClFN3O3. The number of hydrogen-bond acceptors (Lipinski definition) is 3. The molecule has 2 heterocycles. The molecule has 0 saturated carbocycles. The van der Waals surface area contributed by atoms with Crippen molar-refractivity contribution in [1.29, 1.82) is 0 Å². The number of benzene rings is 2. The van der Waals surface area contributed by atoms with Gasteiger partial charge in [0, 0.05) is 44.4 Å². The lowest BCUT2D eigenvalue weighted by Gasteiger charge is -2.19. The molecule has 156 valence electrons. The second kappa shape index (κ2) is 8.07. The molecule has 0 aliphatic carbocycles. The van der Waals surface area contributed by atoms with Crippen LogP contribution in [0, 0.1) is 11.7 Å². The van der Waals surface area contributed by atoms with Gasteiger partial charge in [-0.1, -0.05) is 17.7 Å². The minimum Gasteiger partial charge on any atom is -0.352 e.